The highest BCUT2D eigenvalue weighted by atomic mass is 35.5. The van der Waals surface area contributed by atoms with E-state index in [0.29, 0.717) is 21.3 Å². The number of amides is 1. The largest absolute Gasteiger partial charge is 0.456 e. The number of hydrogen-bond donors (Lipinski definition) is 1. The van der Waals surface area contributed by atoms with Gasteiger partial charge in [-0.05, 0) is 48.9 Å². The van der Waals surface area contributed by atoms with Crippen molar-refractivity contribution in [2.75, 3.05) is 11.9 Å². The molecule has 0 atom stereocenters. The summed E-state index contributed by atoms with van der Waals surface area (Å²) in [6.07, 6.45) is -0.111. The van der Waals surface area contributed by atoms with Crippen LogP contribution in [0.25, 0.3) is 0 Å². The van der Waals surface area contributed by atoms with Crippen LogP contribution >= 0.6 is 23.2 Å². The normalized spacial score (nSPS) is 10.3. The molecule has 26 heavy (non-hydrogen) atoms. The molecule has 0 aliphatic rings. The van der Waals surface area contributed by atoms with Crippen LogP contribution in [-0.4, -0.2) is 24.3 Å². The number of nitrogens with one attached hydrogen (secondary N) is 1. The number of benzene rings is 2. The predicted molar refractivity (Wildman–Crippen MR) is 101 cm³/mol. The van der Waals surface area contributed by atoms with Gasteiger partial charge >= 0.3 is 5.97 Å². The Hall–Kier alpha value is -2.37. The summed E-state index contributed by atoms with van der Waals surface area (Å²) in [6, 6.07) is 11.5. The Morgan fingerprint density at radius 2 is 1.62 bits per heavy atom. The molecule has 0 spiro atoms. The van der Waals surface area contributed by atoms with Gasteiger partial charge in [-0.25, -0.2) is 0 Å². The Morgan fingerprint density at radius 1 is 0.962 bits per heavy atom. The fourth-order valence-electron chi connectivity index (χ4n) is 2.13. The minimum atomic E-state index is -0.620. The van der Waals surface area contributed by atoms with E-state index in [4.69, 9.17) is 27.9 Å². The van der Waals surface area contributed by atoms with Gasteiger partial charge in [0, 0.05) is 27.7 Å². The van der Waals surface area contributed by atoms with Gasteiger partial charge in [0.2, 0.25) is 0 Å². The van der Waals surface area contributed by atoms with E-state index in [2.05, 4.69) is 5.32 Å². The maximum absolute atomic E-state index is 12.0. The van der Waals surface area contributed by atoms with E-state index in [1.807, 2.05) is 6.92 Å². The lowest BCUT2D eigenvalue weighted by Gasteiger charge is -2.09. The van der Waals surface area contributed by atoms with E-state index >= 15 is 0 Å². The zero-order valence-corrected chi connectivity index (χ0v) is 15.6. The zero-order chi connectivity index (χ0) is 19.1. The topological polar surface area (TPSA) is 72.5 Å². The van der Waals surface area contributed by atoms with E-state index in [9.17, 15) is 14.4 Å². The number of carbonyl (C=O) groups excluding carboxylic acids is 3. The van der Waals surface area contributed by atoms with E-state index < -0.39 is 18.5 Å². The van der Waals surface area contributed by atoms with Crippen LogP contribution in [0.15, 0.2) is 42.5 Å². The van der Waals surface area contributed by atoms with Crippen molar-refractivity contribution >= 4 is 46.5 Å². The Morgan fingerprint density at radius 3 is 2.31 bits per heavy atom. The standard InChI is InChI=1S/C19H17Cl2NO4/c1-12-2-5-15(21)10-16(12)22-18(24)11-26-19(25)9-8-17(23)13-3-6-14(20)7-4-13/h2-7,10H,8-9,11H2,1H3,(H,22,24). The van der Waals surface area contributed by atoms with Crippen LogP contribution in [0.5, 0.6) is 0 Å². The second-order valence-corrected chi connectivity index (χ2v) is 6.47. The summed E-state index contributed by atoms with van der Waals surface area (Å²) in [7, 11) is 0. The van der Waals surface area contributed by atoms with Gasteiger partial charge in [0.05, 0.1) is 6.42 Å². The monoisotopic (exact) mass is 393 g/mol. The molecule has 0 aliphatic carbocycles. The second kappa shape index (κ2) is 9.36. The molecule has 0 aliphatic heterocycles. The molecule has 0 aromatic heterocycles. The maximum Gasteiger partial charge on any atom is 0.306 e. The van der Waals surface area contributed by atoms with Gasteiger partial charge in [-0.1, -0.05) is 29.3 Å². The van der Waals surface area contributed by atoms with Crippen LogP contribution in [0.4, 0.5) is 5.69 Å². The third-order valence-corrected chi connectivity index (χ3v) is 4.05. The zero-order valence-electron chi connectivity index (χ0n) is 14.1. The van der Waals surface area contributed by atoms with Gasteiger partial charge in [-0.2, -0.15) is 0 Å². The number of Topliss-reactive ketones (excluding diaryl/α,β-unsaturated/α-hetero) is 1. The number of hydrogen-bond acceptors (Lipinski definition) is 4. The Kier molecular flexibility index (Phi) is 7.18. The van der Waals surface area contributed by atoms with Crippen LogP contribution in [0.1, 0.15) is 28.8 Å². The highest BCUT2D eigenvalue weighted by Crippen LogP contribution is 2.20. The molecule has 1 N–H and O–H groups in total. The van der Waals surface area contributed by atoms with Crippen LogP contribution in [-0.2, 0) is 14.3 Å². The molecule has 0 fully saturated rings. The minimum absolute atomic E-state index is 0.00448. The number of halogens is 2. The molecule has 5 nitrogen and oxygen atoms in total. The highest BCUT2D eigenvalue weighted by Gasteiger charge is 2.12. The molecule has 0 bridgehead atoms. The van der Waals surface area contributed by atoms with Crippen molar-refractivity contribution in [2.45, 2.75) is 19.8 Å². The average Bonchev–Trinajstić information content (AvgIpc) is 2.61. The molecule has 1 amide bonds. The van der Waals surface area contributed by atoms with Gasteiger partial charge in [0.15, 0.2) is 12.4 Å². The quantitative estimate of drug-likeness (QED) is 0.557. The number of ketones is 1. The first kappa shape index (κ1) is 19.9. The van der Waals surface area contributed by atoms with Gasteiger partial charge in [-0.3, -0.25) is 14.4 Å². The molecule has 7 heteroatoms. The van der Waals surface area contributed by atoms with E-state index in [1.165, 1.54) is 0 Å². The summed E-state index contributed by atoms with van der Waals surface area (Å²) in [5, 5.41) is 3.64. The van der Waals surface area contributed by atoms with Crippen molar-refractivity contribution in [1.82, 2.24) is 0 Å². The van der Waals surface area contributed by atoms with Crippen molar-refractivity contribution < 1.29 is 19.1 Å². The average molecular weight is 394 g/mol. The first-order chi connectivity index (χ1) is 12.3. The lowest BCUT2D eigenvalue weighted by Crippen LogP contribution is -2.21. The Balaban J connectivity index is 1.75. The van der Waals surface area contributed by atoms with Crippen LogP contribution in [0.2, 0.25) is 10.0 Å². The van der Waals surface area contributed by atoms with Crippen molar-refractivity contribution in [3.63, 3.8) is 0 Å². The fourth-order valence-corrected chi connectivity index (χ4v) is 2.43. The molecule has 0 unspecified atom stereocenters. The third-order valence-electron chi connectivity index (χ3n) is 3.56. The highest BCUT2D eigenvalue weighted by molar-refractivity contribution is 6.31. The molecular formula is C19H17Cl2NO4. The van der Waals surface area contributed by atoms with Crippen LogP contribution in [0, 0.1) is 6.92 Å². The summed E-state index contributed by atoms with van der Waals surface area (Å²) in [6.45, 7) is 1.39. The molecule has 0 saturated heterocycles. The number of carbonyl (C=O) groups is 3. The van der Waals surface area contributed by atoms with Gasteiger partial charge < -0.3 is 10.1 Å². The second-order valence-electron chi connectivity index (χ2n) is 5.60. The van der Waals surface area contributed by atoms with E-state index in [0.717, 1.165) is 5.56 Å². The van der Waals surface area contributed by atoms with Crippen LogP contribution in [0.3, 0.4) is 0 Å². The number of anilines is 1. The molecule has 0 heterocycles. The summed E-state index contributed by atoms with van der Waals surface area (Å²) in [4.78, 5) is 35.5. The SMILES string of the molecule is Cc1ccc(Cl)cc1NC(=O)COC(=O)CCC(=O)c1ccc(Cl)cc1. The van der Waals surface area contributed by atoms with Gasteiger partial charge in [0.1, 0.15) is 0 Å². The summed E-state index contributed by atoms with van der Waals surface area (Å²) < 4.78 is 4.89. The van der Waals surface area contributed by atoms with Crippen molar-refractivity contribution in [2.24, 2.45) is 0 Å². The molecule has 136 valence electrons. The van der Waals surface area contributed by atoms with E-state index in [1.54, 1.807) is 42.5 Å². The maximum atomic E-state index is 12.0. The lowest BCUT2D eigenvalue weighted by molar-refractivity contribution is -0.147. The first-order valence-corrected chi connectivity index (χ1v) is 8.61. The number of ether oxygens (including phenoxy) is 1. The third kappa shape index (κ3) is 6.17. The molecule has 0 saturated carbocycles. The minimum Gasteiger partial charge on any atom is -0.456 e. The molecule has 0 radical (unpaired) electrons. The predicted octanol–water partition coefficient (Wildman–Crippen LogP) is 4.45. The van der Waals surface area contributed by atoms with Gasteiger partial charge in [-0.15, -0.1) is 0 Å². The number of aryl methyl sites for hydroxylation is 1. The van der Waals surface area contributed by atoms with Crippen molar-refractivity contribution in [3.05, 3.63) is 63.6 Å². The summed E-state index contributed by atoms with van der Waals surface area (Å²) >= 11 is 11.6. The first-order valence-electron chi connectivity index (χ1n) is 7.85. The molecule has 2 aromatic rings. The fraction of sp³-hybridized carbons (Fsp3) is 0.211. The van der Waals surface area contributed by atoms with E-state index in [-0.39, 0.29) is 18.6 Å². The molecular weight excluding hydrogens is 377 g/mol. The number of rotatable bonds is 7. The Bertz CT molecular complexity index is 819. The number of esters is 1. The van der Waals surface area contributed by atoms with Gasteiger partial charge in [0.25, 0.3) is 5.91 Å². The van der Waals surface area contributed by atoms with Crippen LogP contribution < -0.4 is 5.32 Å². The molecule has 2 aromatic carbocycles. The smallest absolute Gasteiger partial charge is 0.306 e. The summed E-state index contributed by atoms with van der Waals surface area (Å²) in [5.74, 6) is -1.30. The lowest BCUT2D eigenvalue weighted by atomic mass is 10.1. The molecule has 2 rings (SSSR count). The summed E-state index contributed by atoms with van der Waals surface area (Å²) in [5.41, 5.74) is 1.86. The Labute approximate surface area is 161 Å². The van der Waals surface area contributed by atoms with Crippen molar-refractivity contribution in [1.29, 1.82) is 0 Å². The van der Waals surface area contributed by atoms with Crippen molar-refractivity contribution in [3.8, 4) is 0 Å².